The lowest BCUT2D eigenvalue weighted by Gasteiger charge is -2.05. The molecule has 1 aromatic carbocycles. The van der Waals surface area contributed by atoms with Crippen molar-refractivity contribution in [2.45, 2.75) is 13.5 Å². The first kappa shape index (κ1) is 12.7. The van der Waals surface area contributed by atoms with Crippen LogP contribution in [-0.2, 0) is 6.54 Å². The zero-order valence-electron chi connectivity index (χ0n) is 10.2. The minimum Gasteiger partial charge on any atom is -0.393 e. The van der Waals surface area contributed by atoms with E-state index in [1.54, 1.807) is 19.2 Å². The number of nitrogen functional groups attached to an aromatic ring is 1. The molecule has 7 heteroatoms. The van der Waals surface area contributed by atoms with Crippen LogP contribution in [0.2, 0.25) is 0 Å². The summed E-state index contributed by atoms with van der Waals surface area (Å²) in [4.78, 5) is 21.9. The van der Waals surface area contributed by atoms with Gasteiger partial charge in [0, 0.05) is 12.1 Å². The van der Waals surface area contributed by atoms with Gasteiger partial charge in [-0.1, -0.05) is 6.07 Å². The van der Waals surface area contributed by atoms with Crippen molar-refractivity contribution in [2.24, 2.45) is 0 Å². The van der Waals surface area contributed by atoms with Gasteiger partial charge in [0.1, 0.15) is 5.69 Å². The largest absolute Gasteiger partial charge is 0.393 e. The first-order chi connectivity index (χ1) is 8.97. The third-order valence-corrected chi connectivity index (χ3v) is 2.63. The predicted octanol–water partition coefficient (Wildman–Crippen LogP) is 1.09. The van der Waals surface area contributed by atoms with E-state index in [1.165, 1.54) is 22.9 Å². The Bertz CT molecular complexity index is 694. The van der Waals surface area contributed by atoms with Crippen molar-refractivity contribution >= 4 is 11.4 Å². The van der Waals surface area contributed by atoms with Crippen molar-refractivity contribution in [3.63, 3.8) is 0 Å². The van der Waals surface area contributed by atoms with E-state index >= 15 is 0 Å². The van der Waals surface area contributed by atoms with Crippen LogP contribution in [0, 0.1) is 17.0 Å². The van der Waals surface area contributed by atoms with Crippen LogP contribution in [0.1, 0.15) is 11.1 Å². The molecule has 0 bridgehead atoms. The molecule has 1 heterocycles. The number of benzene rings is 1. The topological polar surface area (TPSA) is 104 Å². The lowest BCUT2D eigenvalue weighted by atomic mass is 10.2. The molecule has 0 aliphatic heterocycles. The molecule has 0 atom stereocenters. The predicted molar refractivity (Wildman–Crippen MR) is 69.8 cm³/mol. The summed E-state index contributed by atoms with van der Waals surface area (Å²) < 4.78 is 1.24. The van der Waals surface area contributed by atoms with E-state index in [0.717, 1.165) is 5.56 Å². The molecule has 0 radical (unpaired) electrons. The van der Waals surface area contributed by atoms with Crippen molar-refractivity contribution in [1.29, 1.82) is 0 Å². The van der Waals surface area contributed by atoms with Gasteiger partial charge >= 0.3 is 0 Å². The highest BCUT2D eigenvalue weighted by Crippen LogP contribution is 2.22. The number of hydrogen-bond donors (Lipinski definition) is 1. The van der Waals surface area contributed by atoms with Crippen LogP contribution in [0.5, 0.6) is 0 Å². The highest BCUT2D eigenvalue weighted by Gasteiger charge is 2.12. The molecule has 2 aromatic rings. The van der Waals surface area contributed by atoms with Crippen molar-refractivity contribution < 1.29 is 4.92 Å². The fraction of sp³-hybridized carbons (Fsp3) is 0.167. The van der Waals surface area contributed by atoms with Crippen LogP contribution in [0.25, 0.3) is 0 Å². The van der Waals surface area contributed by atoms with Crippen molar-refractivity contribution in [1.82, 2.24) is 9.78 Å². The van der Waals surface area contributed by atoms with Gasteiger partial charge < -0.3 is 5.73 Å². The van der Waals surface area contributed by atoms with Gasteiger partial charge in [0.25, 0.3) is 11.2 Å². The fourth-order valence-corrected chi connectivity index (χ4v) is 1.66. The number of nitro benzene ring substituents is 1. The summed E-state index contributed by atoms with van der Waals surface area (Å²) in [6.45, 7) is 1.94. The molecule has 0 aliphatic rings. The van der Waals surface area contributed by atoms with Crippen LogP contribution in [0.15, 0.2) is 35.3 Å². The highest BCUT2D eigenvalue weighted by atomic mass is 16.6. The molecule has 0 unspecified atom stereocenters. The van der Waals surface area contributed by atoms with Gasteiger partial charge in [-0.3, -0.25) is 14.9 Å². The second-order valence-electron chi connectivity index (χ2n) is 4.18. The molecule has 0 fully saturated rings. The molecule has 0 saturated heterocycles. The Morgan fingerprint density at radius 2 is 2.16 bits per heavy atom. The van der Waals surface area contributed by atoms with Gasteiger partial charge in [0.15, 0.2) is 0 Å². The summed E-state index contributed by atoms with van der Waals surface area (Å²) in [7, 11) is 0. The number of nitrogens with zero attached hydrogens (tertiary/aromatic N) is 3. The quantitative estimate of drug-likeness (QED) is 0.505. The molecule has 98 valence electrons. The summed E-state index contributed by atoms with van der Waals surface area (Å²) in [6.07, 6.45) is 1.56. The number of aromatic nitrogens is 2. The normalized spacial score (nSPS) is 10.4. The maximum Gasteiger partial charge on any atom is 0.292 e. The van der Waals surface area contributed by atoms with Gasteiger partial charge in [0.2, 0.25) is 0 Å². The molecule has 0 amide bonds. The average Bonchev–Trinajstić information content (AvgIpc) is 2.34. The molecular weight excluding hydrogens is 248 g/mol. The summed E-state index contributed by atoms with van der Waals surface area (Å²) >= 11 is 0. The summed E-state index contributed by atoms with van der Waals surface area (Å²) in [6, 6.07) is 5.89. The van der Waals surface area contributed by atoms with E-state index in [2.05, 4.69) is 5.10 Å². The van der Waals surface area contributed by atoms with E-state index in [-0.39, 0.29) is 23.5 Å². The summed E-state index contributed by atoms with van der Waals surface area (Å²) in [5, 5.41) is 14.8. The number of nitrogens with two attached hydrogens (primary N) is 1. The van der Waals surface area contributed by atoms with E-state index < -0.39 is 4.92 Å². The van der Waals surface area contributed by atoms with Crippen molar-refractivity contribution in [3.8, 4) is 0 Å². The fourth-order valence-electron chi connectivity index (χ4n) is 1.66. The number of nitro groups is 1. The van der Waals surface area contributed by atoms with Gasteiger partial charge in [0.05, 0.1) is 17.7 Å². The van der Waals surface area contributed by atoms with Crippen molar-refractivity contribution in [3.05, 3.63) is 62.1 Å². The molecule has 2 N–H and O–H groups in total. The minimum absolute atomic E-state index is 0.0953. The Labute approximate surface area is 108 Å². The third-order valence-electron chi connectivity index (χ3n) is 2.63. The second kappa shape index (κ2) is 4.89. The van der Waals surface area contributed by atoms with E-state index in [9.17, 15) is 14.9 Å². The Morgan fingerprint density at radius 1 is 1.42 bits per heavy atom. The molecule has 0 saturated carbocycles. The van der Waals surface area contributed by atoms with Crippen molar-refractivity contribution in [2.75, 3.05) is 5.73 Å². The molecule has 7 nitrogen and oxygen atoms in total. The van der Waals surface area contributed by atoms with E-state index in [1.807, 2.05) is 0 Å². The molecule has 1 aromatic heterocycles. The Hall–Kier alpha value is -2.70. The summed E-state index contributed by atoms with van der Waals surface area (Å²) in [5.74, 6) is 0. The number of anilines is 1. The van der Waals surface area contributed by atoms with Crippen LogP contribution in [-0.4, -0.2) is 14.7 Å². The number of aryl methyl sites for hydroxylation is 1. The second-order valence-corrected chi connectivity index (χ2v) is 4.18. The van der Waals surface area contributed by atoms with Gasteiger partial charge in [-0.15, -0.1) is 0 Å². The van der Waals surface area contributed by atoms with Gasteiger partial charge in [-0.25, -0.2) is 4.68 Å². The lowest BCUT2D eigenvalue weighted by Crippen LogP contribution is -2.22. The third kappa shape index (κ3) is 2.76. The van der Waals surface area contributed by atoms with Crippen LogP contribution in [0.4, 0.5) is 11.4 Å². The van der Waals surface area contributed by atoms with Crippen LogP contribution in [0.3, 0.4) is 0 Å². The SMILES string of the molecule is Cc1cnn(Cc2ccc(N)c([N+](=O)[O-])c2)c(=O)c1. The standard InChI is InChI=1S/C12H12N4O3/c1-8-4-12(17)15(14-6-8)7-9-2-3-10(13)11(5-9)16(18)19/h2-6H,7,13H2,1H3. The summed E-state index contributed by atoms with van der Waals surface area (Å²) in [5.41, 5.74) is 6.55. The average molecular weight is 260 g/mol. The first-order valence-electron chi connectivity index (χ1n) is 5.54. The monoisotopic (exact) mass is 260 g/mol. The smallest absolute Gasteiger partial charge is 0.292 e. The molecule has 0 spiro atoms. The van der Waals surface area contributed by atoms with E-state index in [4.69, 9.17) is 5.73 Å². The van der Waals surface area contributed by atoms with Crippen LogP contribution < -0.4 is 11.3 Å². The maximum absolute atomic E-state index is 11.7. The van der Waals surface area contributed by atoms with Crippen LogP contribution >= 0.6 is 0 Å². The zero-order valence-corrected chi connectivity index (χ0v) is 10.2. The van der Waals surface area contributed by atoms with Gasteiger partial charge in [-0.05, 0) is 24.1 Å². The Morgan fingerprint density at radius 3 is 2.79 bits per heavy atom. The molecule has 19 heavy (non-hydrogen) atoms. The molecule has 2 rings (SSSR count). The van der Waals surface area contributed by atoms with E-state index in [0.29, 0.717) is 5.56 Å². The highest BCUT2D eigenvalue weighted by molar-refractivity contribution is 5.59. The minimum atomic E-state index is -0.551. The number of hydrogen-bond acceptors (Lipinski definition) is 5. The Balaban J connectivity index is 2.36. The zero-order chi connectivity index (χ0) is 14.0. The number of rotatable bonds is 3. The molecular formula is C12H12N4O3. The lowest BCUT2D eigenvalue weighted by molar-refractivity contribution is -0.384. The first-order valence-corrected chi connectivity index (χ1v) is 5.54. The maximum atomic E-state index is 11.7. The van der Waals surface area contributed by atoms with Gasteiger partial charge in [-0.2, -0.15) is 5.10 Å². The molecule has 0 aliphatic carbocycles. The Kier molecular flexibility index (Phi) is 3.28.